The molecule has 1 aliphatic carbocycles. The lowest BCUT2D eigenvalue weighted by atomic mass is 9.76. The number of esters is 1. The molecule has 3 fully saturated rings. The molecule has 0 aromatic heterocycles. The van der Waals surface area contributed by atoms with Crippen LogP contribution in [0, 0.1) is 5.92 Å². The molecule has 2 aliphatic heterocycles. The maximum absolute atomic E-state index is 12.0. The van der Waals surface area contributed by atoms with Crippen molar-refractivity contribution in [2.45, 2.75) is 83.2 Å². The van der Waals surface area contributed by atoms with Crippen LogP contribution in [0.4, 0.5) is 0 Å². The zero-order valence-electron chi connectivity index (χ0n) is 14.3. The van der Waals surface area contributed by atoms with Crippen molar-refractivity contribution < 1.29 is 13.7 Å². The summed E-state index contributed by atoms with van der Waals surface area (Å²) in [5.41, 5.74) is 0. The van der Waals surface area contributed by atoms with Crippen molar-refractivity contribution in [2.24, 2.45) is 5.92 Å². The van der Waals surface area contributed by atoms with Gasteiger partial charge in [-0.3, -0.25) is 4.79 Å². The van der Waals surface area contributed by atoms with Crippen LogP contribution in [0.15, 0.2) is 0 Å². The van der Waals surface area contributed by atoms with Crippen molar-refractivity contribution in [1.29, 1.82) is 0 Å². The number of halogens is 3. The highest BCUT2D eigenvalue weighted by molar-refractivity contribution is 8.26. The molecule has 0 unspecified atom stereocenters. The van der Waals surface area contributed by atoms with Crippen LogP contribution in [-0.2, 0) is 18.8 Å². The van der Waals surface area contributed by atoms with Crippen LogP contribution in [-0.4, -0.2) is 28.9 Å². The smallest absolute Gasteiger partial charge is 0.323 e. The lowest BCUT2D eigenvalue weighted by Crippen LogP contribution is -2.56. The minimum Gasteiger partial charge on any atom is -0.465 e. The average Bonchev–Trinajstić information content (AvgIpc) is 2.54. The number of carbonyl (C=O) groups excluding carboxylic acids is 1. The highest BCUT2D eigenvalue weighted by atomic mass is 36.0. The molecule has 0 radical (unpaired) electrons. The van der Waals surface area contributed by atoms with Gasteiger partial charge in [0.2, 0.25) is 9.23 Å². The van der Waals surface area contributed by atoms with E-state index in [0.29, 0.717) is 18.6 Å². The Bertz CT molecular complexity index is 362. The Morgan fingerprint density at radius 1 is 1.08 bits per heavy atom. The van der Waals surface area contributed by atoms with Crippen LogP contribution in [0.2, 0.25) is 0 Å². The Morgan fingerprint density at radius 3 is 2.12 bits per heavy atom. The number of unbranched alkanes of at least 4 members (excludes halogenated alkanes) is 5. The predicted octanol–water partition coefficient (Wildman–Crippen LogP) is 4.89. The van der Waals surface area contributed by atoms with Crippen molar-refractivity contribution >= 4 is 49.0 Å². The summed E-state index contributed by atoms with van der Waals surface area (Å²) in [6, 6.07) is 0.559. The molecule has 4 nitrogen and oxygen atoms in total. The van der Waals surface area contributed by atoms with Gasteiger partial charge in [0.05, 0.1) is 6.61 Å². The fraction of sp³-hybridized carbons (Fsp3) is 0.938. The van der Waals surface area contributed by atoms with E-state index in [-0.39, 0.29) is 24.4 Å². The van der Waals surface area contributed by atoms with E-state index in [1.807, 2.05) is 0 Å². The zero-order chi connectivity index (χ0) is 17.1. The van der Waals surface area contributed by atoms with Crippen LogP contribution in [0.3, 0.4) is 0 Å². The van der Waals surface area contributed by atoms with E-state index in [4.69, 9.17) is 8.95 Å². The molecule has 0 spiro atoms. The molecule has 2 bridgehead atoms. The third-order valence-electron chi connectivity index (χ3n) is 4.65. The molecule has 0 amide bonds. The first-order valence-corrected chi connectivity index (χ1v) is 11.5. The van der Waals surface area contributed by atoms with Crippen molar-refractivity contribution in [3.8, 4) is 0 Å². The molecular weight excluding hydrogens is 393 g/mol. The number of carbonyl (C=O) groups is 1. The number of ether oxygens (including phenoxy) is 1. The van der Waals surface area contributed by atoms with Gasteiger partial charge >= 0.3 is 5.97 Å². The second-order valence-corrected chi connectivity index (χ2v) is 8.90. The summed E-state index contributed by atoms with van der Waals surface area (Å²) < 4.78 is 14.5. The van der Waals surface area contributed by atoms with Gasteiger partial charge in [-0.2, -0.15) is 0 Å². The van der Waals surface area contributed by atoms with Gasteiger partial charge in [0.25, 0.3) is 0 Å². The molecule has 3 aliphatic rings. The minimum atomic E-state index is -1.67. The van der Waals surface area contributed by atoms with Gasteiger partial charge in [0.15, 0.2) is 0 Å². The molecule has 144 valence electrons. The standard InChI is InChI=1S/C16H29NO2.Cl2OS.ClH/c1-2-3-4-5-6-7-12-19-16(18)15-13-8-10-14(17-15)11-9-13;1-4(2)3;/h13-15,17H,2-12H2,1H3;;1H/t13?,14?,15-;;/m0../s1. The summed E-state index contributed by atoms with van der Waals surface area (Å²) in [6.07, 6.45) is 12.3. The molecule has 8 heteroatoms. The van der Waals surface area contributed by atoms with E-state index in [2.05, 4.69) is 33.6 Å². The summed E-state index contributed by atoms with van der Waals surface area (Å²) in [5.74, 6) is 0.532. The SMILES string of the molecule is CCCCCCCCOC(=O)[C@H]1NC2CCC1CC2.Cl.O=S(Cl)Cl. The monoisotopic (exact) mass is 421 g/mol. The average molecular weight is 423 g/mol. The summed E-state index contributed by atoms with van der Waals surface area (Å²) >= 11 is 0. The second-order valence-electron chi connectivity index (χ2n) is 6.38. The Morgan fingerprint density at radius 2 is 1.62 bits per heavy atom. The van der Waals surface area contributed by atoms with E-state index in [0.717, 1.165) is 6.42 Å². The Kier molecular flexibility index (Phi) is 14.9. The first kappa shape index (κ1) is 24.5. The highest BCUT2D eigenvalue weighted by Crippen LogP contribution is 2.33. The quantitative estimate of drug-likeness (QED) is 0.344. The normalized spacial score (nSPS) is 24.8. The second kappa shape index (κ2) is 14.6. The van der Waals surface area contributed by atoms with Crippen LogP contribution >= 0.6 is 33.8 Å². The number of fused-ring (bicyclic) bond motifs is 3. The highest BCUT2D eigenvalue weighted by Gasteiger charge is 2.39. The Balaban J connectivity index is 0.000000954. The van der Waals surface area contributed by atoms with Gasteiger partial charge in [-0.05, 0) is 38.0 Å². The van der Waals surface area contributed by atoms with Crippen molar-refractivity contribution in [2.75, 3.05) is 6.61 Å². The van der Waals surface area contributed by atoms with Crippen molar-refractivity contribution in [3.05, 3.63) is 0 Å². The van der Waals surface area contributed by atoms with Gasteiger partial charge in [0.1, 0.15) is 6.04 Å². The fourth-order valence-electron chi connectivity index (χ4n) is 3.41. The summed E-state index contributed by atoms with van der Waals surface area (Å²) in [5, 5.41) is 3.45. The molecule has 0 aromatic rings. The third-order valence-corrected chi connectivity index (χ3v) is 4.65. The van der Waals surface area contributed by atoms with Crippen molar-refractivity contribution in [3.63, 3.8) is 0 Å². The number of nitrogens with one attached hydrogen (secondary N) is 1. The van der Waals surface area contributed by atoms with E-state index in [1.165, 1.54) is 57.8 Å². The summed E-state index contributed by atoms with van der Waals surface area (Å²) in [7, 11) is 7.36. The maximum atomic E-state index is 12.0. The van der Waals surface area contributed by atoms with E-state index < -0.39 is 9.23 Å². The van der Waals surface area contributed by atoms with Gasteiger partial charge in [0, 0.05) is 27.4 Å². The van der Waals surface area contributed by atoms with Crippen molar-refractivity contribution in [1.82, 2.24) is 5.32 Å². The van der Waals surface area contributed by atoms with Gasteiger partial charge in [-0.25, -0.2) is 4.21 Å². The minimum absolute atomic E-state index is 0. The lowest BCUT2D eigenvalue weighted by molar-refractivity contribution is -0.150. The fourth-order valence-corrected chi connectivity index (χ4v) is 3.41. The maximum Gasteiger partial charge on any atom is 0.323 e. The molecular formula is C16H30Cl3NO3S. The van der Waals surface area contributed by atoms with E-state index in [1.54, 1.807) is 0 Å². The van der Waals surface area contributed by atoms with Crippen LogP contribution in [0.1, 0.15) is 71.1 Å². The molecule has 1 atom stereocenters. The van der Waals surface area contributed by atoms with Crippen LogP contribution < -0.4 is 5.32 Å². The number of hydrogen-bond donors (Lipinski definition) is 1. The van der Waals surface area contributed by atoms with E-state index in [9.17, 15) is 4.79 Å². The molecule has 3 rings (SSSR count). The first-order valence-electron chi connectivity index (χ1n) is 8.71. The third kappa shape index (κ3) is 10.4. The van der Waals surface area contributed by atoms with Crippen LogP contribution in [0.5, 0.6) is 0 Å². The topological polar surface area (TPSA) is 55.4 Å². The predicted molar refractivity (Wildman–Crippen MR) is 104 cm³/mol. The van der Waals surface area contributed by atoms with Crippen LogP contribution in [0.25, 0.3) is 0 Å². The Labute approximate surface area is 163 Å². The molecule has 24 heavy (non-hydrogen) atoms. The van der Waals surface area contributed by atoms with E-state index >= 15 is 0 Å². The molecule has 1 N–H and O–H groups in total. The van der Waals surface area contributed by atoms with Gasteiger partial charge in [-0.15, -0.1) is 12.4 Å². The van der Waals surface area contributed by atoms with Gasteiger partial charge < -0.3 is 10.1 Å². The zero-order valence-corrected chi connectivity index (χ0v) is 17.5. The van der Waals surface area contributed by atoms with Gasteiger partial charge in [-0.1, -0.05) is 39.0 Å². The molecule has 2 heterocycles. The largest absolute Gasteiger partial charge is 0.465 e. The summed E-state index contributed by atoms with van der Waals surface area (Å²) in [6.45, 7) is 2.84. The number of hydrogen-bond acceptors (Lipinski definition) is 4. The number of piperidine rings is 2. The molecule has 2 saturated heterocycles. The Hall–Kier alpha value is 0.450. The molecule has 1 saturated carbocycles. The summed E-state index contributed by atoms with van der Waals surface area (Å²) in [4.78, 5) is 12.0. The lowest BCUT2D eigenvalue weighted by Gasteiger charge is -2.42. The molecule has 0 aromatic carbocycles. The number of rotatable bonds is 8. The first-order chi connectivity index (χ1) is 11.0.